The molecule has 1 saturated carbocycles. The molecule has 0 aliphatic heterocycles. The Hall–Kier alpha value is -4.83. The van der Waals surface area contributed by atoms with E-state index in [1.165, 1.54) is 127 Å². The van der Waals surface area contributed by atoms with E-state index >= 15 is 0 Å². The lowest BCUT2D eigenvalue weighted by molar-refractivity contribution is 0.0695. The van der Waals surface area contributed by atoms with E-state index in [0.717, 1.165) is 23.7 Å². The lowest BCUT2D eigenvalue weighted by Crippen LogP contribution is -2.36. The van der Waals surface area contributed by atoms with Gasteiger partial charge in [0.2, 0.25) is 5.91 Å². The molecule has 9 nitrogen and oxygen atoms in total. The van der Waals surface area contributed by atoms with Crippen molar-refractivity contribution in [3.8, 4) is 5.75 Å². The summed E-state index contributed by atoms with van der Waals surface area (Å²) in [5, 5.41) is 30.9. The standard InChI is InChI=1S/C26H18N2O7S.C18H36/c27-23(30)18-10-3-4-11-20(18)36-21-13-19(22(29)17-9-2-1-8-16(17)21)24(31)28(26(34)35)15-7-5-6-14(12-15)25(32)33;1-2-3-4-5-6-7-8-9-10-11-12-13-14-15-18-16-17-18/h1-13,29H,(H2,27,30)(H,32,33)(H,34,35);18H,2-17H2,1H3. The number of rotatable bonds is 20. The quantitative estimate of drug-likeness (QED) is 0.0649. The van der Waals surface area contributed by atoms with E-state index < -0.39 is 29.6 Å². The molecule has 4 aromatic rings. The molecule has 5 rings (SSSR count). The third kappa shape index (κ3) is 12.6. The van der Waals surface area contributed by atoms with Crippen LogP contribution in [-0.4, -0.2) is 39.2 Å². The normalized spacial score (nSPS) is 12.2. The fourth-order valence-electron chi connectivity index (χ4n) is 6.52. The van der Waals surface area contributed by atoms with Gasteiger partial charge in [-0.15, -0.1) is 0 Å². The number of nitrogens with two attached hydrogens (primary N) is 1. The van der Waals surface area contributed by atoms with Gasteiger partial charge in [0.15, 0.2) is 0 Å². The van der Waals surface area contributed by atoms with Crippen LogP contribution in [0.4, 0.5) is 10.5 Å². The maximum atomic E-state index is 13.5. The van der Waals surface area contributed by atoms with Crippen molar-refractivity contribution in [1.82, 2.24) is 0 Å². The average Bonchev–Trinajstić information content (AvgIpc) is 4.00. The first-order valence-corrected chi connectivity index (χ1v) is 20.2. The lowest BCUT2D eigenvalue weighted by atomic mass is 10.0. The molecule has 1 aliphatic rings. The number of benzene rings is 4. The van der Waals surface area contributed by atoms with E-state index in [9.17, 15) is 34.5 Å². The molecule has 0 saturated heterocycles. The highest BCUT2D eigenvalue weighted by atomic mass is 32.2. The van der Waals surface area contributed by atoms with Gasteiger partial charge in [0.25, 0.3) is 5.91 Å². The highest BCUT2D eigenvalue weighted by Gasteiger charge is 2.29. The molecular weight excluding hydrogens is 701 g/mol. The number of aromatic hydroxyl groups is 1. The number of fused-ring (bicyclic) bond motifs is 1. The van der Waals surface area contributed by atoms with Crippen molar-refractivity contribution in [2.24, 2.45) is 11.7 Å². The molecule has 0 atom stereocenters. The zero-order valence-corrected chi connectivity index (χ0v) is 32.1. The maximum absolute atomic E-state index is 13.5. The van der Waals surface area contributed by atoms with Crippen LogP contribution < -0.4 is 10.6 Å². The zero-order valence-electron chi connectivity index (χ0n) is 31.3. The SMILES string of the molecule is CCCCCCCCCCCCCCCC1CC1.NC(=O)c1ccccc1Sc1cc(C(=O)N(C(=O)O)c2cccc(C(=O)O)c2)c(O)c2ccccc12. The Bertz CT molecular complexity index is 1870. The Morgan fingerprint density at radius 1 is 0.685 bits per heavy atom. The first kappa shape index (κ1) is 41.9. The van der Waals surface area contributed by atoms with Gasteiger partial charge in [-0.05, 0) is 47.7 Å². The summed E-state index contributed by atoms with van der Waals surface area (Å²) in [4.78, 5) is 50.1. The summed E-state index contributed by atoms with van der Waals surface area (Å²) in [5.41, 5.74) is 5.01. The fraction of sp³-hybridized carbons (Fsp3) is 0.409. The first-order valence-electron chi connectivity index (χ1n) is 19.3. The monoisotopic (exact) mass is 754 g/mol. The van der Waals surface area contributed by atoms with Crippen molar-refractivity contribution in [1.29, 1.82) is 0 Å². The van der Waals surface area contributed by atoms with E-state index in [1.54, 1.807) is 48.5 Å². The first-order chi connectivity index (χ1) is 26.1. The van der Waals surface area contributed by atoms with Crippen LogP contribution in [0.1, 0.15) is 141 Å². The minimum absolute atomic E-state index is 0.201. The van der Waals surface area contributed by atoms with E-state index in [-0.39, 0.29) is 27.8 Å². The Kier molecular flexibility index (Phi) is 16.9. The summed E-state index contributed by atoms with van der Waals surface area (Å²) in [6, 6.07) is 19.5. The predicted molar refractivity (Wildman–Crippen MR) is 216 cm³/mol. The van der Waals surface area contributed by atoms with Crippen LogP contribution in [0.2, 0.25) is 0 Å². The highest BCUT2D eigenvalue weighted by molar-refractivity contribution is 7.99. The number of unbranched alkanes of at least 4 members (excludes halogenated alkanes) is 12. The number of carboxylic acid groups (broad SMARTS) is 2. The molecule has 288 valence electrons. The van der Waals surface area contributed by atoms with Crippen LogP contribution in [0.3, 0.4) is 0 Å². The second kappa shape index (κ2) is 21.8. The van der Waals surface area contributed by atoms with Crippen LogP contribution in [0.15, 0.2) is 88.7 Å². The van der Waals surface area contributed by atoms with Gasteiger partial charge in [-0.1, -0.05) is 164 Å². The number of carbonyl (C=O) groups excluding carboxylic acids is 2. The molecule has 54 heavy (non-hydrogen) atoms. The molecule has 0 radical (unpaired) electrons. The maximum Gasteiger partial charge on any atom is 0.419 e. The average molecular weight is 755 g/mol. The molecule has 4 aromatic carbocycles. The van der Waals surface area contributed by atoms with Crippen LogP contribution in [-0.2, 0) is 0 Å². The number of phenolic OH excluding ortho intramolecular Hbond substituents is 1. The van der Waals surface area contributed by atoms with Crippen molar-refractivity contribution >= 4 is 52.1 Å². The lowest BCUT2D eigenvalue weighted by Gasteiger charge is -2.20. The van der Waals surface area contributed by atoms with Gasteiger partial charge >= 0.3 is 12.1 Å². The molecule has 10 heteroatoms. The van der Waals surface area contributed by atoms with Crippen molar-refractivity contribution in [3.05, 3.63) is 95.6 Å². The number of carboxylic acids is 1. The number of carbonyl (C=O) groups is 4. The van der Waals surface area contributed by atoms with Crippen LogP contribution in [0.5, 0.6) is 5.75 Å². The molecule has 5 N–H and O–H groups in total. The van der Waals surface area contributed by atoms with E-state index in [4.69, 9.17) is 5.73 Å². The fourth-order valence-corrected chi connectivity index (χ4v) is 7.65. The number of phenols is 1. The summed E-state index contributed by atoms with van der Waals surface area (Å²) < 4.78 is 0. The van der Waals surface area contributed by atoms with Crippen molar-refractivity contribution in [2.75, 3.05) is 4.90 Å². The number of amides is 3. The largest absolute Gasteiger partial charge is 0.506 e. The Balaban J connectivity index is 0.000000304. The van der Waals surface area contributed by atoms with Gasteiger partial charge in [0.1, 0.15) is 5.75 Å². The molecule has 0 spiro atoms. The molecule has 3 amide bonds. The third-order valence-corrected chi connectivity index (χ3v) is 10.9. The van der Waals surface area contributed by atoms with Gasteiger partial charge in [-0.3, -0.25) is 9.59 Å². The highest BCUT2D eigenvalue weighted by Crippen LogP contribution is 2.41. The molecule has 0 unspecified atom stereocenters. The molecule has 1 aliphatic carbocycles. The minimum atomic E-state index is -1.66. The summed E-state index contributed by atoms with van der Waals surface area (Å²) in [7, 11) is 0. The van der Waals surface area contributed by atoms with Crippen molar-refractivity contribution in [2.45, 2.75) is 119 Å². The smallest absolute Gasteiger partial charge is 0.419 e. The Labute approximate surface area is 323 Å². The minimum Gasteiger partial charge on any atom is -0.506 e. The molecule has 0 heterocycles. The second-order valence-corrected chi connectivity index (χ2v) is 15.1. The van der Waals surface area contributed by atoms with Crippen LogP contribution in [0.25, 0.3) is 10.8 Å². The van der Waals surface area contributed by atoms with E-state index in [0.29, 0.717) is 20.1 Å². The number of nitrogens with zero attached hydrogens (tertiary/aromatic N) is 1. The number of hydrogen-bond donors (Lipinski definition) is 4. The summed E-state index contributed by atoms with van der Waals surface area (Å²) in [6.07, 6.45) is 22.2. The number of hydrogen-bond acceptors (Lipinski definition) is 6. The van der Waals surface area contributed by atoms with Crippen LogP contribution in [0, 0.1) is 5.92 Å². The molecular formula is C44H54N2O7S. The number of imide groups is 1. The van der Waals surface area contributed by atoms with Gasteiger partial charge in [0.05, 0.1) is 22.4 Å². The van der Waals surface area contributed by atoms with E-state index in [1.807, 2.05) is 0 Å². The topological polar surface area (TPSA) is 158 Å². The van der Waals surface area contributed by atoms with Crippen LogP contribution >= 0.6 is 11.8 Å². The third-order valence-electron chi connectivity index (χ3n) is 9.74. The Morgan fingerprint density at radius 2 is 1.26 bits per heavy atom. The van der Waals surface area contributed by atoms with Crippen molar-refractivity contribution in [3.63, 3.8) is 0 Å². The second-order valence-electron chi connectivity index (χ2n) is 14.0. The predicted octanol–water partition coefficient (Wildman–Crippen LogP) is 11.7. The summed E-state index contributed by atoms with van der Waals surface area (Å²) in [6.45, 7) is 2.30. The summed E-state index contributed by atoms with van der Waals surface area (Å²) >= 11 is 1.13. The molecule has 0 aromatic heterocycles. The van der Waals surface area contributed by atoms with Crippen molar-refractivity contribution < 1.29 is 34.5 Å². The van der Waals surface area contributed by atoms with E-state index in [2.05, 4.69) is 6.92 Å². The Morgan fingerprint density at radius 3 is 1.83 bits per heavy atom. The molecule has 0 bridgehead atoms. The van der Waals surface area contributed by atoms with Gasteiger partial charge in [-0.25, -0.2) is 14.5 Å². The molecule has 1 fully saturated rings. The van der Waals surface area contributed by atoms with Gasteiger partial charge in [0, 0.05) is 15.2 Å². The zero-order chi connectivity index (χ0) is 38.9. The van der Waals surface area contributed by atoms with Gasteiger partial charge < -0.3 is 21.1 Å². The summed E-state index contributed by atoms with van der Waals surface area (Å²) in [5.74, 6) is -2.32. The number of anilines is 1. The van der Waals surface area contributed by atoms with Gasteiger partial charge in [-0.2, -0.15) is 0 Å². The number of aromatic carboxylic acids is 1. The number of primary amides is 1.